The van der Waals surface area contributed by atoms with Gasteiger partial charge < -0.3 is 5.32 Å². The van der Waals surface area contributed by atoms with Gasteiger partial charge in [0.25, 0.3) is 5.69 Å². The van der Waals surface area contributed by atoms with Crippen LogP contribution >= 0.6 is 11.6 Å². The van der Waals surface area contributed by atoms with Crippen molar-refractivity contribution in [1.29, 1.82) is 0 Å². The van der Waals surface area contributed by atoms with Crippen molar-refractivity contribution in [2.75, 3.05) is 18.4 Å². The number of benzene rings is 2. The van der Waals surface area contributed by atoms with E-state index in [1.54, 1.807) is 6.07 Å². The maximum atomic E-state index is 12.8. The number of nitrogens with zero attached hydrogens (tertiary/aromatic N) is 2. The highest BCUT2D eigenvalue weighted by atomic mass is 35.5. The minimum absolute atomic E-state index is 0.0680. The number of nitro groups is 1. The van der Waals surface area contributed by atoms with Crippen LogP contribution in [0.5, 0.6) is 0 Å². The predicted molar refractivity (Wildman–Crippen MR) is 110 cm³/mol. The van der Waals surface area contributed by atoms with Crippen LogP contribution in [0.2, 0.25) is 5.02 Å². The highest BCUT2D eigenvalue weighted by molar-refractivity contribution is 7.89. The molecule has 0 spiro atoms. The molecule has 29 heavy (non-hydrogen) atoms. The molecule has 2 aromatic carbocycles. The molecule has 0 saturated carbocycles. The fourth-order valence-electron chi connectivity index (χ4n) is 2.99. The zero-order valence-corrected chi connectivity index (χ0v) is 16.8. The van der Waals surface area contributed by atoms with Crippen LogP contribution in [-0.4, -0.2) is 36.6 Å². The Bertz CT molecular complexity index is 1080. The Morgan fingerprint density at radius 2 is 1.86 bits per heavy atom. The average molecular weight is 436 g/mol. The highest BCUT2D eigenvalue weighted by Crippen LogP contribution is 2.29. The third kappa shape index (κ3) is 4.81. The smallest absolute Gasteiger partial charge is 0.276 e. The maximum Gasteiger partial charge on any atom is 0.276 e. The number of anilines is 1. The van der Waals surface area contributed by atoms with Gasteiger partial charge in [0.05, 0.1) is 15.5 Å². The number of hydrogen-bond donors (Lipinski definition) is 1. The Balaban J connectivity index is 1.79. The van der Waals surface area contributed by atoms with Crippen molar-refractivity contribution in [3.05, 3.63) is 69.2 Å². The summed E-state index contributed by atoms with van der Waals surface area (Å²) in [6.07, 6.45) is 4.06. The zero-order chi connectivity index (χ0) is 21.0. The van der Waals surface area contributed by atoms with E-state index in [-0.39, 0.29) is 26.9 Å². The third-order valence-corrected chi connectivity index (χ3v) is 6.81. The van der Waals surface area contributed by atoms with Crippen LogP contribution in [0.4, 0.5) is 11.4 Å². The summed E-state index contributed by atoms with van der Waals surface area (Å²) in [4.78, 5) is 22.6. The van der Waals surface area contributed by atoms with Crippen molar-refractivity contribution in [2.24, 2.45) is 0 Å². The number of nitro benzene ring substituents is 1. The maximum absolute atomic E-state index is 12.8. The Kier molecular flexibility index (Phi) is 6.31. The number of carbonyl (C=O) groups is 1. The number of amides is 1. The number of nitrogens with one attached hydrogen (secondary N) is 1. The first kappa shape index (κ1) is 21.0. The molecule has 0 bridgehead atoms. The second-order valence-corrected chi connectivity index (χ2v) is 8.71. The fraction of sp³-hybridized carbons (Fsp3) is 0.211. The Morgan fingerprint density at radius 1 is 1.17 bits per heavy atom. The summed E-state index contributed by atoms with van der Waals surface area (Å²) in [5.74, 6) is -0.560. The van der Waals surface area contributed by atoms with Gasteiger partial charge in [0, 0.05) is 30.9 Å². The topological polar surface area (TPSA) is 110 Å². The number of para-hydroxylation sites is 1. The van der Waals surface area contributed by atoms with Crippen LogP contribution in [-0.2, 0) is 14.8 Å². The first-order chi connectivity index (χ1) is 13.8. The van der Waals surface area contributed by atoms with Crippen molar-refractivity contribution >= 4 is 45.0 Å². The Morgan fingerprint density at radius 3 is 2.55 bits per heavy atom. The molecule has 0 aliphatic carbocycles. The molecule has 3 rings (SSSR count). The molecule has 152 valence electrons. The molecule has 8 nitrogen and oxygen atoms in total. The standard InChI is InChI=1S/C19H18ClN3O5S/c20-16-9-8-15(13-18(16)29(27,28)22-11-3-4-12-22)21-19(24)10-7-14-5-1-2-6-17(14)23(25)26/h1-2,5-10,13H,3-4,11-12H2,(H,21,24)/b10-7+. The lowest BCUT2D eigenvalue weighted by atomic mass is 10.1. The van der Waals surface area contributed by atoms with Gasteiger partial charge in [-0.25, -0.2) is 8.42 Å². The first-order valence-corrected chi connectivity index (χ1v) is 10.6. The zero-order valence-electron chi connectivity index (χ0n) is 15.2. The second kappa shape index (κ2) is 8.73. The van der Waals surface area contributed by atoms with Crippen molar-refractivity contribution in [3.63, 3.8) is 0 Å². The Hall–Kier alpha value is -2.75. The number of rotatable bonds is 6. The summed E-state index contributed by atoms with van der Waals surface area (Å²) in [6.45, 7) is 0.877. The van der Waals surface area contributed by atoms with Crippen molar-refractivity contribution < 1.29 is 18.1 Å². The number of hydrogen-bond acceptors (Lipinski definition) is 5. The van der Waals surface area contributed by atoms with E-state index in [1.807, 2.05) is 0 Å². The number of carbonyl (C=O) groups excluding carboxylic acids is 1. The summed E-state index contributed by atoms with van der Waals surface area (Å²) in [5, 5.41) is 13.7. The summed E-state index contributed by atoms with van der Waals surface area (Å²) in [5.41, 5.74) is 0.410. The quantitative estimate of drug-likeness (QED) is 0.422. The van der Waals surface area contributed by atoms with E-state index in [0.717, 1.165) is 18.9 Å². The first-order valence-electron chi connectivity index (χ1n) is 8.81. The second-order valence-electron chi connectivity index (χ2n) is 6.39. The van der Waals surface area contributed by atoms with Gasteiger partial charge in [0.2, 0.25) is 15.9 Å². The van der Waals surface area contributed by atoms with E-state index >= 15 is 0 Å². The molecular weight excluding hydrogens is 418 g/mol. The van der Waals surface area contributed by atoms with E-state index in [4.69, 9.17) is 11.6 Å². The van der Waals surface area contributed by atoms with Gasteiger partial charge in [-0.15, -0.1) is 0 Å². The predicted octanol–water partition coefficient (Wildman–Crippen LogP) is 3.68. The summed E-state index contributed by atoms with van der Waals surface area (Å²) in [7, 11) is -3.74. The van der Waals surface area contributed by atoms with Gasteiger partial charge in [-0.1, -0.05) is 23.7 Å². The summed E-state index contributed by atoms with van der Waals surface area (Å²) in [6, 6.07) is 10.2. The van der Waals surface area contributed by atoms with Crippen molar-refractivity contribution in [1.82, 2.24) is 4.31 Å². The monoisotopic (exact) mass is 435 g/mol. The average Bonchev–Trinajstić information content (AvgIpc) is 3.23. The van der Waals surface area contributed by atoms with E-state index in [1.165, 1.54) is 46.8 Å². The van der Waals surface area contributed by atoms with Crippen LogP contribution in [0.1, 0.15) is 18.4 Å². The van der Waals surface area contributed by atoms with Crippen LogP contribution in [0.25, 0.3) is 6.08 Å². The highest BCUT2D eigenvalue weighted by Gasteiger charge is 2.29. The van der Waals surface area contributed by atoms with Gasteiger partial charge in [-0.05, 0) is 43.2 Å². The molecule has 1 amide bonds. The number of halogens is 1. The molecular formula is C19H18ClN3O5S. The number of sulfonamides is 1. The summed E-state index contributed by atoms with van der Waals surface area (Å²) < 4.78 is 26.9. The van der Waals surface area contributed by atoms with E-state index in [2.05, 4.69) is 5.32 Å². The lowest BCUT2D eigenvalue weighted by Gasteiger charge is -2.17. The summed E-state index contributed by atoms with van der Waals surface area (Å²) >= 11 is 6.09. The molecule has 0 radical (unpaired) electrons. The lowest BCUT2D eigenvalue weighted by molar-refractivity contribution is -0.385. The van der Waals surface area contributed by atoms with Crippen LogP contribution < -0.4 is 5.32 Å². The van der Waals surface area contributed by atoms with Crippen LogP contribution in [0, 0.1) is 10.1 Å². The third-order valence-electron chi connectivity index (χ3n) is 4.43. The molecule has 0 unspecified atom stereocenters. The van der Waals surface area contributed by atoms with Gasteiger partial charge >= 0.3 is 0 Å². The van der Waals surface area contributed by atoms with Crippen molar-refractivity contribution in [2.45, 2.75) is 17.7 Å². The molecule has 1 aliphatic heterocycles. The fourth-order valence-corrected chi connectivity index (χ4v) is 5.01. The van der Waals surface area contributed by atoms with Gasteiger partial charge in [0.1, 0.15) is 4.90 Å². The van der Waals surface area contributed by atoms with Gasteiger partial charge in [-0.2, -0.15) is 4.31 Å². The largest absolute Gasteiger partial charge is 0.322 e. The van der Waals surface area contributed by atoms with E-state index in [9.17, 15) is 23.3 Å². The molecule has 1 N–H and O–H groups in total. The van der Waals surface area contributed by atoms with Crippen molar-refractivity contribution in [3.8, 4) is 0 Å². The molecule has 1 saturated heterocycles. The normalized spacial score (nSPS) is 14.9. The van der Waals surface area contributed by atoms with E-state index < -0.39 is 20.9 Å². The van der Waals surface area contributed by atoms with E-state index in [0.29, 0.717) is 13.1 Å². The van der Waals surface area contributed by atoms with Gasteiger partial charge in [-0.3, -0.25) is 14.9 Å². The van der Waals surface area contributed by atoms with Crippen LogP contribution in [0.15, 0.2) is 53.4 Å². The van der Waals surface area contributed by atoms with Gasteiger partial charge in [0.15, 0.2) is 0 Å². The SMILES string of the molecule is O=C(/C=C/c1ccccc1[N+](=O)[O-])Nc1ccc(Cl)c(S(=O)(=O)N2CCCC2)c1. The minimum Gasteiger partial charge on any atom is -0.322 e. The molecule has 10 heteroatoms. The molecule has 0 aromatic heterocycles. The molecule has 1 heterocycles. The Labute approximate surface area is 173 Å². The molecule has 1 aliphatic rings. The molecule has 0 atom stereocenters. The molecule has 1 fully saturated rings. The minimum atomic E-state index is -3.74. The lowest BCUT2D eigenvalue weighted by Crippen LogP contribution is -2.28. The molecule has 2 aromatic rings. The van der Waals surface area contributed by atoms with Crippen LogP contribution in [0.3, 0.4) is 0 Å².